The highest BCUT2D eigenvalue weighted by Crippen LogP contribution is 2.21. The Kier molecular flexibility index (Phi) is 3.87. The van der Waals surface area contributed by atoms with Crippen molar-refractivity contribution < 1.29 is 0 Å². The monoisotopic (exact) mass is 266 g/mol. The number of nitrogens with zero attached hydrogens (tertiary/aromatic N) is 1. The van der Waals surface area contributed by atoms with Crippen LogP contribution in [0.15, 0.2) is 42.6 Å². The topological polar surface area (TPSA) is 24.9 Å². The van der Waals surface area contributed by atoms with Gasteiger partial charge in [0.2, 0.25) is 0 Å². The molecule has 0 saturated carbocycles. The number of hydrogen-bond acceptors (Lipinski definition) is 2. The van der Waals surface area contributed by atoms with Crippen molar-refractivity contribution in [2.45, 2.75) is 13.0 Å². The largest absolute Gasteiger partial charge is 0.377 e. The van der Waals surface area contributed by atoms with Crippen molar-refractivity contribution in [3.8, 4) is 0 Å². The fraction of sp³-hybridized carbons (Fsp3) is 0.154. The number of hydrogen-bond donors (Lipinski definition) is 1. The van der Waals surface area contributed by atoms with E-state index in [-0.39, 0.29) is 6.04 Å². The molecule has 17 heavy (non-hydrogen) atoms. The Bertz CT molecular complexity index is 497. The Morgan fingerprint density at radius 1 is 1.18 bits per heavy atom. The molecule has 0 spiro atoms. The minimum Gasteiger partial charge on any atom is -0.377 e. The molecule has 2 rings (SSSR count). The summed E-state index contributed by atoms with van der Waals surface area (Å²) in [5.74, 6) is 0. The molecule has 0 fully saturated rings. The Morgan fingerprint density at radius 3 is 2.65 bits per heavy atom. The van der Waals surface area contributed by atoms with E-state index in [1.165, 1.54) is 0 Å². The van der Waals surface area contributed by atoms with Crippen LogP contribution < -0.4 is 5.32 Å². The van der Waals surface area contributed by atoms with Gasteiger partial charge in [-0.15, -0.1) is 0 Å². The fourth-order valence-electron chi connectivity index (χ4n) is 1.57. The predicted molar refractivity (Wildman–Crippen MR) is 72.7 cm³/mol. The van der Waals surface area contributed by atoms with Crippen molar-refractivity contribution in [3.05, 3.63) is 58.3 Å². The van der Waals surface area contributed by atoms with E-state index >= 15 is 0 Å². The Hall–Kier alpha value is -1.25. The van der Waals surface area contributed by atoms with E-state index in [2.05, 4.69) is 17.2 Å². The van der Waals surface area contributed by atoms with E-state index in [0.717, 1.165) is 16.3 Å². The van der Waals surface area contributed by atoms with E-state index in [4.69, 9.17) is 23.2 Å². The second kappa shape index (κ2) is 5.39. The van der Waals surface area contributed by atoms with Crippen molar-refractivity contribution >= 4 is 28.9 Å². The van der Waals surface area contributed by atoms with Gasteiger partial charge in [-0.25, -0.2) is 4.98 Å². The van der Waals surface area contributed by atoms with Gasteiger partial charge in [-0.3, -0.25) is 0 Å². The zero-order chi connectivity index (χ0) is 12.3. The summed E-state index contributed by atoms with van der Waals surface area (Å²) in [6.07, 6.45) is 1.71. The Labute approximate surface area is 111 Å². The fourth-order valence-corrected chi connectivity index (χ4v) is 1.88. The van der Waals surface area contributed by atoms with Gasteiger partial charge in [0.1, 0.15) is 5.15 Å². The number of halogens is 2. The third-order valence-electron chi connectivity index (χ3n) is 2.46. The predicted octanol–water partition coefficient (Wildman–Crippen LogP) is 4.56. The summed E-state index contributed by atoms with van der Waals surface area (Å²) in [4.78, 5) is 4.02. The summed E-state index contributed by atoms with van der Waals surface area (Å²) in [6, 6.07) is 11.6. The van der Waals surface area contributed by atoms with Crippen molar-refractivity contribution in [1.29, 1.82) is 0 Å². The normalized spacial score (nSPS) is 12.2. The molecule has 1 atom stereocenters. The number of rotatable bonds is 3. The van der Waals surface area contributed by atoms with Gasteiger partial charge in [0, 0.05) is 11.1 Å². The summed E-state index contributed by atoms with van der Waals surface area (Å²) < 4.78 is 0. The van der Waals surface area contributed by atoms with Crippen molar-refractivity contribution in [2.24, 2.45) is 0 Å². The van der Waals surface area contributed by atoms with Crippen LogP contribution in [-0.4, -0.2) is 4.98 Å². The van der Waals surface area contributed by atoms with Crippen LogP contribution in [0.2, 0.25) is 10.2 Å². The molecule has 0 bridgehead atoms. The van der Waals surface area contributed by atoms with Crippen molar-refractivity contribution in [3.63, 3.8) is 0 Å². The minimum absolute atomic E-state index is 0.164. The molecule has 2 aromatic rings. The number of pyridine rings is 1. The number of aromatic nitrogens is 1. The number of benzene rings is 1. The first kappa shape index (κ1) is 12.2. The molecular formula is C13H12Cl2N2. The zero-order valence-corrected chi connectivity index (χ0v) is 10.8. The summed E-state index contributed by atoms with van der Waals surface area (Å²) in [6.45, 7) is 2.07. The van der Waals surface area contributed by atoms with Crippen molar-refractivity contribution in [2.75, 3.05) is 5.32 Å². The SMILES string of the molecule is CC(Nc1ccc(Cl)nc1)c1cccc(Cl)c1. The van der Waals surface area contributed by atoms with Gasteiger partial charge in [0.05, 0.1) is 11.9 Å². The second-order valence-corrected chi connectivity index (χ2v) is 4.61. The molecule has 1 aromatic heterocycles. The number of nitrogens with one attached hydrogen (secondary N) is 1. The lowest BCUT2D eigenvalue weighted by molar-refractivity contribution is 0.883. The van der Waals surface area contributed by atoms with E-state index in [1.807, 2.05) is 30.3 Å². The zero-order valence-electron chi connectivity index (χ0n) is 9.32. The second-order valence-electron chi connectivity index (χ2n) is 3.79. The highest BCUT2D eigenvalue weighted by atomic mass is 35.5. The maximum absolute atomic E-state index is 5.96. The lowest BCUT2D eigenvalue weighted by Crippen LogP contribution is -2.06. The molecule has 4 heteroatoms. The van der Waals surface area contributed by atoms with Crippen molar-refractivity contribution in [1.82, 2.24) is 4.98 Å². The lowest BCUT2D eigenvalue weighted by Gasteiger charge is -2.15. The van der Waals surface area contributed by atoms with E-state index < -0.39 is 0 Å². The van der Waals surface area contributed by atoms with Crippen LogP contribution in [-0.2, 0) is 0 Å². The lowest BCUT2D eigenvalue weighted by atomic mass is 10.1. The molecule has 0 aliphatic heterocycles. The molecule has 1 heterocycles. The maximum atomic E-state index is 5.96. The molecule has 0 radical (unpaired) electrons. The molecule has 1 aromatic carbocycles. The molecular weight excluding hydrogens is 255 g/mol. The summed E-state index contributed by atoms with van der Waals surface area (Å²) in [7, 11) is 0. The van der Waals surface area contributed by atoms with Gasteiger partial charge < -0.3 is 5.32 Å². The quantitative estimate of drug-likeness (QED) is 0.824. The van der Waals surface area contributed by atoms with Gasteiger partial charge in [-0.05, 0) is 36.8 Å². The highest BCUT2D eigenvalue weighted by Gasteiger charge is 2.05. The average molecular weight is 267 g/mol. The first-order valence-corrected chi connectivity index (χ1v) is 6.04. The summed E-state index contributed by atoms with van der Waals surface area (Å²) in [5.41, 5.74) is 2.06. The minimum atomic E-state index is 0.164. The molecule has 1 N–H and O–H groups in total. The van der Waals surface area contributed by atoms with E-state index in [1.54, 1.807) is 12.3 Å². The van der Waals surface area contributed by atoms with Crippen LogP contribution in [0.1, 0.15) is 18.5 Å². The highest BCUT2D eigenvalue weighted by molar-refractivity contribution is 6.30. The van der Waals surface area contributed by atoms with Crippen LogP contribution in [0, 0.1) is 0 Å². The van der Waals surface area contributed by atoms with Crippen LogP contribution >= 0.6 is 23.2 Å². The van der Waals surface area contributed by atoms with Gasteiger partial charge in [0.25, 0.3) is 0 Å². The van der Waals surface area contributed by atoms with Gasteiger partial charge in [-0.2, -0.15) is 0 Å². The van der Waals surface area contributed by atoms with Gasteiger partial charge in [0.15, 0.2) is 0 Å². The van der Waals surface area contributed by atoms with Crippen LogP contribution in [0.3, 0.4) is 0 Å². The number of anilines is 1. The summed E-state index contributed by atoms with van der Waals surface area (Å²) >= 11 is 11.7. The first-order chi connectivity index (χ1) is 8.15. The molecule has 2 nitrogen and oxygen atoms in total. The molecule has 1 unspecified atom stereocenters. The smallest absolute Gasteiger partial charge is 0.129 e. The van der Waals surface area contributed by atoms with Crippen LogP contribution in [0.4, 0.5) is 5.69 Å². The molecule has 0 amide bonds. The van der Waals surface area contributed by atoms with Crippen LogP contribution in [0.25, 0.3) is 0 Å². The summed E-state index contributed by atoms with van der Waals surface area (Å²) in [5, 5.41) is 4.57. The maximum Gasteiger partial charge on any atom is 0.129 e. The van der Waals surface area contributed by atoms with Gasteiger partial charge >= 0.3 is 0 Å². The van der Waals surface area contributed by atoms with Crippen LogP contribution in [0.5, 0.6) is 0 Å². The Balaban J connectivity index is 2.11. The molecule has 0 saturated heterocycles. The third-order valence-corrected chi connectivity index (χ3v) is 2.92. The molecule has 0 aliphatic rings. The van der Waals surface area contributed by atoms with E-state index in [0.29, 0.717) is 5.15 Å². The van der Waals surface area contributed by atoms with E-state index in [9.17, 15) is 0 Å². The standard InChI is InChI=1S/C13H12Cl2N2/c1-9(10-3-2-4-11(14)7-10)17-12-5-6-13(15)16-8-12/h2-9,17H,1H3. The molecule has 0 aliphatic carbocycles. The Morgan fingerprint density at radius 2 is 2.00 bits per heavy atom. The average Bonchev–Trinajstić information content (AvgIpc) is 2.32. The van der Waals surface area contributed by atoms with Gasteiger partial charge in [-0.1, -0.05) is 35.3 Å². The first-order valence-electron chi connectivity index (χ1n) is 5.29. The molecule has 88 valence electrons. The third kappa shape index (κ3) is 3.35.